The van der Waals surface area contributed by atoms with E-state index in [-0.39, 0.29) is 5.82 Å². The maximum atomic E-state index is 14.4. The number of imidazole rings is 2. The molecule has 2 aromatic carbocycles. The summed E-state index contributed by atoms with van der Waals surface area (Å²) in [5.41, 5.74) is 5.97. The van der Waals surface area contributed by atoms with Gasteiger partial charge in [0.25, 0.3) is 0 Å². The Labute approximate surface area is 182 Å². The molecule has 0 atom stereocenters. The highest BCUT2D eigenvalue weighted by Crippen LogP contribution is 2.33. The Morgan fingerprint density at radius 2 is 1.88 bits per heavy atom. The number of pyridine rings is 1. The minimum Gasteiger partial charge on any atom is -0.331 e. The van der Waals surface area contributed by atoms with Crippen molar-refractivity contribution in [3.8, 4) is 33.9 Å². The van der Waals surface area contributed by atoms with E-state index in [2.05, 4.69) is 31.2 Å². The van der Waals surface area contributed by atoms with Crippen molar-refractivity contribution in [1.29, 1.82) is 0 Å². The molecule has 2 N–H and O–H groups in total. The molecule has 0 aliphatic heterocycles. The number of halogens is 1. The first-order valence-electron chi connectivity index (χ1n) is 10.2. The molecule has 8 heteroatoms. The van der Waals surface area contributed by atoms with E-state index >= 15 is 0 Å². The van der Waals surface area contributed by atoms with Gasteiger partial charge in [0.1, 0.15) is 22.9 Å². The maximum absolute atomic E-state index is 14.4. The summed E-state index contributed by atoms with van der Waals surface area (Å²) in [6.45, 7) is 1.97. The zero-order valence-electron chi connectivity index (χ0n) is 17.4. The van der Waals surface area contributed by atoms with Crippen LogP contribution in [0.1, 0.15) is 5.82 Å². The van der Waals surface area contributed by atoms with E-state index in [1.807, 2.05) is 36.9 Å². The number of fused-ring (bicyclic) bond motifs is 2. The lowest BCUT2D eigenvalue weighted by Crippen LogP contribution is -1.94. The Kier molecular flexibility index (Phi) is 3.94. The standard InChI is InChI=1S/C24H18FN7/c1-13-27-12-20(32(13)2)14-7-8-19-17(11-14)22(31-30-19)24-28-21-16(9-10-26-23(21)29-24)15-5-3-4-6-18(15)25/h3-12H,1-2H3,(H,30,31)(H,26,28,29). The second-order valence-electron chi connectivity index (χ2n) is 7.70. The van der Waals surface area contributed by atoms with Crippen molar-refractivity contribution in [2.45, 2.75) is 6.92 Å². The van der Waals surface area contributed by atoms with Gasteiger partial charge in [-0.3, -0.25) is 5.10 Å². The normalized spacial score (nSPS) is 11.6. The summed E-state index contributed by atoms with van der Waals surface area (Å²) < 4.78 is 16.5. The number of aromatic amines is 2. The molecule has 0 aliphatic carbocycles. The second-order valence-corrected chi connectivity index (χ2v) is 7.70. The quantitative estimate of drug-likeness (QED) is 0.419. The molecule has 6 aromatic rings. The number of benzene rings is 2. The predicted octanol–water partition coefficient (Wildman–Crippen LogP) is 5.02. The van der Waals surface area contributed by atoms with Crippen LogP contribution in [0.2, 0.25) is 0 Å². The van der Waals surface area contributed by atoms with Crippen molar-refractivity contribution in [2.75, 3.05) is 0 Å². The number of hydrogen-bond donors (Lipinski definition) is 2. The second kappa shape index (κ2) is 6.84. The van der Waals surface area contributed by atoms with Gasteiger partial charge in [-0.05, 0) is 31.2 Å². The number of H-pyrrole nitrogens is 2. The third-order valence-electron chi connectivity index (χ3n) is 5.85. The van der Waals surface area contributed by atoms with Crippen molar-refractivity contribution in [3.05, 3.63) is 72.6 Å². The molecule has 4 heterocycles. The fraction of sp³-hybridized carbons (Fsp3) is 0.0833. The van der Waals surface area contributed by atoms with Crippen LogP contribution < -0.4 is 0 Å². The topological polar surface area (TPSA) is 88.1 Å². The zero-order chi connectivity index (χ0) is 21.8. The van der Waals surface area contributed by atoms with Crippen LogP contribution in [-0.4, -0.2) is 34.7 Å². The monoisotopic (exact) mass is 423 g/mol. The predicted molar refractivity (Wildman–Crippen MR) is 121 cm³/mol. The molecule has 156 valence electrons. The Hall–Kier alpha value is -4.33. The fourth-order valence-electron chi connectivity index (χ4n) is 4.04. The van der Waals surface area contributed by atoms with Gasteiger partial charge < -0.3 is 9.55 Å². The molecule has 0 bridgehead atoms. The molecule has 0 radical (unpaired) electrons. The summed E-state index contributed by atoms with van der Waals surface area (Å²) in [4.78, 5) is 16.8. The summed E-state index contributed by atoms with van der Waals surface area (Å²) in [6, 6.07) is 14.5. The van der Waals surface area contributed by atoms with Crippen LogP contribution in [0.5, 0.6) is 0 Å². The number of hydrogen-bond acceptors (Lipinski definition) is 4. The smallest absolute Gasteiger partial charge is 0.160 e. The van der Waals surface area contributed by atoms with Gasteiger partial charge in [0.15, 0.2) is 11.5 Å². The molecule has 7 nitrogen and oxygen atoms in total. The Morgan fingerprint density at radius 1 is 1.00 bits per heavy atom. The number of nitrogens with zero attached hydrogens (tertiary/aromatic N) is 5. The van der Waals surface area contributed by atoms with Gasteiger partial charge in [-0.25, -0.2) is 19.3 Å². The van der Waals surface area contributed by atoms with Crippen LogP contribution in [0, 0.1) is 12.7 Å². The average Bonchev–Trinajstić information content (AvgIpc) is 3.50. The molecule has 0 fully saturated rings. The van der Waals surface area contributed by atoms with Gasteiger partial charge in [0.2, 0.25) is 0 Å². The van der Waals surface area contributed by atoms with Crippen molar-refractivity contribution >= 4 is 22.1 Å². The van der Waals surface area contributed by atoms with Crippen molar-refractivity contribution in [3.63, 3.8) is 0 Å². The SMILES string of the molecule is Cc1ncc(-c2ccc3[nH]nc(-c4nc5c(-c6ccccc6F)ccnc5[nH]4)c3c2)n1C. The first-order chi connectivity index (χ1) is 15.6. The molecule has 0 spiro atoms. The summed E-state index contributed by atoms with van der Waals surface area (Å²) in [6.07, 6.45) is 3.51. The third-order valence-corrected chi connectivity index (χ3v) is 5.85. The maximum Gasteiger partial charge on any atom is 0.160 e. The first-order valence-corrected chi connectivity index (χ1v) is 10.2. The molecule has 6 rings (SSSR count). The average molecular weight is 423 g/mol. The number of aromatic nitrogens is 7. The van der Waals surface area contributed by atoms with Crippen LogP contribution in [-0.2, 0) is 7.05 Å². The van der Waals surface area contributed by atoms with Gasteiger partial charge >= 0.3 is 0 Å². The molecule has 0 amide bonds. The van der Waals surface area contributed by atoms with Crippen molar-refractivity contribution < 1.29 is 4.39 Å². The molecular weight excluding hydrogens is 405 g/mol. The van der Waals surface area contributed by atoms with Crippen LogP contribution in [0.4, 0.5) is 4.39 Å². The summed E-state index contributed by atoms with van der Waals surface area (Å²) in [5, 5.41) is 8.50. The van der Waals surface area contributed by atoms with Gasteiger partial charge in [-0.2, -0.15) is 5.10 Å². The molecule has 0 unspecified atom stereocenters. The van der Waals surface area contributed by atoms with Gasteiger partial charge in [0, 0.05) is 35.3 Å². The highest BCUT2D eigenvalue weighted by Gasteiger charge is 2.18. The van der Waals surface area contributed by atoms with E-state index in [0.29, 0.717) is 33.8 Å². The summed E-state index contributed by atoms with van der Waals surface area (Å²) in [7, 11) is 1.99. The van der Waals surface area contributed by atoms with Crippen LogP contribution in [0.3, 0.4) is 0 Å². The van der Waals surface area contributed by atoms with E-state index in [1.54, 1.807) is 30.5 Å². The molecular formula is C24H18FN7. The fourth-order valence-corrected chi connectivity index (χ4v) is 4.04. The number of rotatable bonds is 3. The van der Waals surface area contributed by atoms with Crippen LogP contribution in [0.15, 0.2) is 60.9 Å². The van der Waals surface area contributed by atoms with Crippen molar-refractivity contribution in [2.24, 2.45) is 7.05 Å². The van der Waals surface area contributed by atoms with Crippen LogP contribution in [0.25, 0.3) is 56.0 Å². The largest absolute Gasteiger partial charge is 0.331 e. The van der Waals surface area contributed by atoms with E-state index in [4.69, 9.17) is 4.98 Å². The highest BCUT2D eigenvalue weighted by molar-refractivity contribution is 5.97. The lowest BCUT2D eigenvalue weighted by atomic mass is 10.1. The molecule has 0 saturated heterocycles. The highest BCUT2D eigenvalue weighted by atomic mass is 19.1. The molecule has 0 saturated carbocycles. The van der Waals surface area contributed by atoms with E-state index in [9.17, 15) is 4.39 Å². The van der Waals surface area contributed by atoms with Crippen LogP contribution >= 0.6 is 0 Å². The van der Waals surface area contributed by atoms with E-state index in [0.717, 1.165) is 28.0 Å². The molecule has 4 aromatic heterocycles. The van der Waals surface area contributed by atoms with Crippen molar-refractivity contribution in [1.82, 2.24) is 34.7 Å². The van der Waals surface area contributed by atoms with Gasteiger partial charge in [0.05, 0.1) is 17.4 Å². The van der Waals surface area contributed by atoms with Gasteiger partial charge in [-0.1, -0.05) is 24.3 Å². The summed E-state index contributed by atoms with van der Waals surface area (Å²) in [5.74, 6) is 1.21. The minimum atomic E-state index is -0.300. The first kappa shape index (κ1) is 18.4. The molecule has 0 aliphatic rings. The van der Waals surface area contributed by atoms with E-state index in [1.165, 1.54) is 6.07 Å². The van der Waals surface area contributed by atoms with E-state index < -0.39 is 0 Å². The molecule has 32 heavy (non-hydrogen) atoms. The summed E-state index contributed by atoms with van der Waals surface area (Å²) >= 11 is 0. The third kappa shape index (κ3) is 2.73. The minimum absolute atomic E-state index is 0.300. The number of aryl methyl sites for hydroxylation is 1. The Bertz CT molecular complexity index is 1620. The zero-order valence-corrected chi connectivity index (χ0v) is 17.4. The lowest BCUT2D eigenvalue weighted by Gasteiger charge is -2.04. The lowest BCUT2D eigenvalue weighted by molar-refractivity contribution is 0.631. The Balaban J connectivity index is 1.53. The number of nitrogens with one attached hydrogen (secondary N) is 2. The Morgan fingerprint density at radius 3 is 2.69 bits per heavy atom. The van der Waals surface area contributed by atoms with Gasteiger partial charge in [-0.15, -0.1) is 0 Å².